The van der Waals surface area contributed by atoms with Gasteiger partial charge in [-0.3, -0.25) is 0 Å². The van der Waals surface area contributed by atoms with Crippen molar-refractivity contribution in [2.75, 3.05) is 33.7 Å². The van der Waals surface area contributed by atoms with Crippen LogP contribution in [0.25, 0.3) is 11.3 Å². The van der Waals surface area contributed by atoms with Crippen molar-refractivity contribution in [1.82, 2.24) is 15.1 Å². The van der Waals surface area contributed by atoms with E-state index >= 15 is 0 Å². The first kappa shape index (κ1) is 18.9. The minimum atomic E-state index is 0.367. The zero-order chi connectivity index (χ0) is 18.5. The Morgan fingerprint density at radius 2 is 2.08 bits per heavy atom. The van der Waals surface area contributed by atoms with Crippen molar-refractivity contribution >= 4 is 11.3 Å². The van der Waals surface area contributed by atoms with Crippen LogP contribution in [0.15, 0.2) is 43.5 Å². The summed E-state index contributed by atoms with van der Waals surface area (Å²) < 4.78 is 0. The normalized spacial score (nSPS) is 18.6. The molecule has 1 N–H and O–H groups in total. The molecule has 0 saturated heterocycles. The van der Waals surface area contributed by atoms with Gasteiger partial charge in [-0.05, 0) is 63.0 Å². The van der Waals surface area contributed by atoms with Gasteiger partial charge in [0.15, 0.2) is 0 Å². The van der Waals surface area contributed by atoms with Crippen LogP contribution in [0.4, 0.5) is 0 Å². The Hall–Kier alpha value is -1.84. The third-order valence-corrected chi connectivity index (χ3v) is 5.77. The molecule has 0 spiro atoms. The summed E-state index contributed by atoms with van der Waals surface area (Å²) in [6, 6.07) is 7.09. The summed E-state index contributed by atoms with van der Waals surface area (Å²) in [4.78, 5) is 4.83. The van der Waals surface area contributed by atoms with E-state index in [-0.39, 0.29) is 0 Å². The van der Waals surface area contributed by atoms with Crippen molar-refractivity contribution in [3.63, 3.8) is 0 Å². The largest absolute Gasteiger partial charge is 0.361 e. The summed E-state index contributed by atoms with van der Waals surface area (Å²) in [5.41, 5.74) is 6.87. The third kappa shape index (κ3) is 3.94. The number of unbranched alkanes of at least 4 members (excludes halogenated alkanes) is 1. The van der Waals surface area contributed by atoms with Gasteiger partial charge in [-0.25, -0.2) is 0 Å². The molecule has 2 aliphatic rings. The summed E-state index contributed by atoms with van der Waals surface area (Å²) in [5, 5.41) is 3.23. The van der Waals surface area contributed by atoms with Crippen LogP contribution in [0.1, 0.15) is 42.4 Å². The fourth-order valence-corrected chi connectivity index (χ4v) is 4.14. The van der Waals surface area contributed by atoms with Gasteiger partial charge in [0, 0.05) is 36.9 Å². The fraction of sp³-hybridized carbons (Fsp3) is 0.478. The molecule has 1 unspecified atom stereocenters. The molecular formula is C23H33N3. The van der Waals surface area contributed by atoms with Gasteiger partial charge in [0.25, 0.3) is 0 Å². The maximum atomic E-state index is 4.43. The van der Waals surface area contributed by atoms with Gasteiger partial charge in [0.1, 0.15) is 0 Å². The topological polar surface area (TPSA) is 18.5 Å². The van der Waals surface area contributed by atoms with Gasteiger partial charge < -0.3 is 15.1 Å². The minimum Gasteiger partial charge on any atom is -0.361 e. The van der Waals surface area contributed by atoms with Crippen LogP contribution in [0.3, 0.4) is 0 Å². The molecule has 1 aromatic rings. The molecule has 3 nitrogen and oxygen atoms in total. The van der Waals surface area contributed by atoms with Gasteiger partial charge in [-0.15, -0.1) is 6.58 Å². The Morgan fingerprint density at radius 1 is 1.27 bits per heavy atom. The molecule has 1 atom stereocenters. The Kier molecular flexibility index (Phi) is 6.33. The van der Waals surface area contributed by atoms with E-state index in [0.717, 1.165) is 44.7 Å². The fourth-order valence-electron chi connectivity index (χ4n) is 4.14. The first-order valence-corrected chi connectivity index (χ1v) is 9.88. The van der Waals surface area contributed by atoms with E-state index in [1.165, 1.54) is 35.1 Å². The third-order valence-electron chi connectivity index (χ3n) is 5.77. The van der Waals surface area contributed by atoms with E-state index < -0.39 is 0 Å². The van der Waals surface area contributed by atoms with Crippen LogP contribution in [0.2, 0.25) is 0 Å². The molecule has 3 rings (SSSR count). The molecule has 26 heavy (non-hydrogen) atoms. The van der Waals surface area contributed by atoms with Gasteiger partial charge >= 0.3 is 0 Å². The predicted octanol–water partition coefficient (Wildman–Crippen LogP) is 4.14. The van der Waals surface area contributed by atoms with E-state index in [0.29, 0.717) is 6.04 Å². The van der Waals surface area contributed by atoms with Crippen molar-refractivity contribution in [3.05, 3.63) is 60.2 Å². The summed E-state index contributed by atoms with van der Waals surface area (Å²) in [6.07, 6.45) is 9.19. The minimum absolute atomic E-state index is 0.367. The van der Waals surface area contributed by atoms with Crippen molar-refractivity contribution < 1.29 is 0 Å². The van der Waals surface area contributed by atoms with E-state index in [1.807, 2.05) is 7.05 Å². The molecule has 0 saturated carbocycles. The molecule has 0 fully saturated rings. The number of likely N-dealkylation sites (N-methyl/N-ethyl adjacent to an activating group) is 1. The maximum Gasteiger partial charge on any atom is 0.0474 e. The Labute approximate surface area is 159 Å². The summed E-state index contributed by atoms with van der Waals surface area (Å²) in [7, 11) is 4.21. The van der Waals surface area contributed by atoms with Crippen LogP contribution in [-0.2, 0) is 6.54 Å². The highest BCUT2D eigenvalue weighted by molar-refractivity contribution is 5.78. The quantitative estimate of drug-likeness (QED) is 0.561. The highest BCUT2D eigenvalue weighted by Gasteiger charge is 2.29. The number of hydrogen-bond acceptors (Lipinski definition) is 3. The summed E-state index contributed by atoms with van der Waals surface area (Å²) in [6.45, 7) is 12.8. The van der Waals surface area contributed by atoms with Gasteiger partial charge in [0.2, 0.25) is 0 Å². The monoisotopic (exact) mass is 351 g/mol. The maximum absolute atomic E-state index is 4.43. The Morgan fingerprint density at radius 3 is 2.77 bits per heavy atom. The molecule has 1 aromatic carbocycles. The molecule has 3 heteroatoms. The van der Waals surface area contributed by atoms with E-state index in [9.17, 15) is 0 Å². The SMILES string of the molecule is C=CC(CCCCNC)N1Cc2c(cccc2C2=CCN(C)CC2)C1=C. The molecule has 0 amide bonds. The van der Waals surface area contributed by atoms with Gasteiger partial charge in [0.05, 0.1) is 0 Å². The second-order valence-electron chi connectivity index (χ2n) is 7.55. The van der Waals surface area contributed by atoms with Crippen molar-refractivity contribution in [3.8, 4) is 0 Å². The van der Waals surface area contributed by atoms with Crippen LogP contribution in [-0.4, -0.2) is 49.6 Å². The number of nitrogens with one attached hydrogen (secondary N) is 1. The van der Waals surface area contributed by atoms with Crippen molar-refractivity contribution in [2.24, 2.45) is 0 Å². The molecule has 0 bridgehead atoms. The summed E-state index contributed by atoms with van der Waals surface area (Å²) in [5.74, 6) is 0. The average Bonchev–Trinajstić information content (AvgIpc) is 2.99. The van der Waals surface area contributed by atoms with Crippen LogP contribution < -0.4 is 5.32 Å². The number of benzene rings is 1. The first-order chi connectivity index (χ1) is 12.7. The lowest BCUT2D eigenvalue weighted by Crippen LogP contribution is -2.28. The second kappa shape index (κ2) is 8.70. The van der Waals surface area contributed by atoms with Crippen LogP contribution >= 0.6 is 0 Å². The van der Waals surface area contributed by atoms with Crippen molar-refractivity contribution in [2.45, 2.75) is 38.3 Å². The molecule has 0 aliphatic carbocycles. The zero-order valence-electron chi connectivity index (χ0n) is 16.4. The van der Waals surface area contributed by atoms with E-state index in [2.05, 4.69) is 65.7 Å². The average molecular weight is 352 g/mol. The number of hydrogen-bond donors (Lipinski definition) is 1. The lowest BCUT2D eigenvalue weighted by atomic mass is 9.93. The summed E-state index contributed by atoms with van der Waals surface area (Å²) >= 11 is 0. The molecular weight excluding hydrogens is 318 g/mol. The highest BCUT2D eigenvalue weighted by Crippen LogP contribution is 2.39. The number of fused-ring (bicyclic) bond motifs is 1. The number of nitrogens with zero attached hydrogens (tertiary/aromatic N) is 2. The lowest BCUT2D eigenvalue weighted by Gasteiger charge is -2.28. The Balaban J connectivity index is 1.78. The molecule has 0 radical (unpaired) electrons. The van der Waals surface area contributed by atoms with Gasteiger partial charge in [-0.2, -0.15) is 0 Å². The highest BCUT2D eigenvalue weighted by atomic mass is 15.2. The van der Waals surface area contributed by atoms with Crippen molar-refractivity contribution in [1.29, 1.82) is 0 Å². The smallest absolute Gasteiger partial charge is 0.0474 e. The molecule has 0 aromatic heterocycles. The van der Waals surface area contributed by atoms with E-state index in [4.69, 9.17) is 0 Å². The van der Waals surface area contributed by atoms with Gasteiger partial charge in [-0.1, -0.05) is 36.9 Å². The molecule has 2 aliphatic heterocycles. The standard InChI is InChI=1S/C23H33N3/c1-5-20(9-6-7-14-24-3)26-17-23-21(18(26)2)10-8-11-22(23)19-12-15-25(4)16-13-19/h5,8,10-12,20,24H,1-2,6-7,9,13-17H2,3-4H3. The van der Waals surface area contributed by atoms with Crippen LogP contribution in [0.5, 0.6) is 0 Å². The molecule has 140 valence electrons. The Bertz CT molecular complexity index is 689. The predicted molar refractivity (Wildman–Crippen MR) is 113 cm³/mol. The molecule has 2 heterocycles. The lowest BCUT2D eigenvalue weighted by molar-refractivity contribution is 0.324. The van der Waals surface area contributed by atoms with E-state index in [1.54, 1.807) is 0 Å². The first-order valence-electron chi connectivity index (χ1n) is 9.88. The van der Waals surface area contributed by atoms with Crippen LogP contribution in [0, 0.1) is 0 Å². The zero-order valence-corrected chi connectivity index (χ0v) is 16.4. The second-order valence-corrected chi connectivity index (χ2v) is 7.55. The number of rotatable bonds is 8.